The van der Waals surface area contributed by atoms with Crippen molar-refractivity contribution in [1.29, 1.82) is 0 Å². The van der Waals surface area contributed by atoms with Crippen LogP contribution in [0.3, 0.4) is 0 Å². The molecule has 0 heterocycles. The van der Waals surface area contributed by atoms with Gasteiger partial charge in [-0.3, -0.25) is 10.1 Å². The summed E-state index contributed by atoms with van der Waals surface area (Å²) in [5, 5.41) is 3.22. The molecule has 1 aliphatic carbocycles. The molecule has 3 N–H and O–H groups in total. The summed E-state index contributed by atoms with van der Waals surface area (Å²) < 4.78 is 15.5. The van der Waals surface area contributed by atoms with Gasteiger partial charge < -0.3 is 19.9 Å². The number of nitrogens with one attached hydrogen (secondary N) is 1. The zero-order chi connectivity index (χ0) is 13.4. The Morgan fingerprint density at radius 2 is 1.89 bits per heavy atom. The number of amides is 1. The van der Waals surface area contributed by atoms with Gasteiger partial charge in [-0.1, -0.05) is 0 Å². The van der Waals surface area contributed by atoms with Crippen LogP contribution in [0, 0.1) is 0 Å². The van der Waals surface area contributed by atoms with E-state index in [0.29, 0.717) is 32.5 Å². The summed E-state index contributed by atoms with van der Waals surface area (Å²) in [6, 6.07) is 0.407. The number of hydrogen-bond acceptors (Lipinski definition) is 5. The second-order valence-corrected chi connectivity index (χ2v) is 4.77. The highest BCUT2D eigenvalue weighted by Crippen LogP contribution is 2.22. The molecular formula is C12H24N2O4. The molecule has 1 amide bonds. The maximum absolute atomic E-state index is 11.4. The van der Waals surface area contributed by atoms with Crippen LogP contribution in [0.2, 0.25) is 0 Å². The largest absolute Gasteiger partial charge is 0.382 e. The van der Waals surface area contributed by atoms with Crippen LogP contribution < -0.4 is 11.1 Å². The van der Waals surface area contributed by atoms with Crippen LogP contribution in [0.25, 0.3) is 0 Å². The third kappa shape index (κ3) is 5.77. The van der Waals surface area contributed by atoms with E-state index in [0.717, 1.165) is 12.8 Å². The van der Waals surface area contributed by atoms with Gasteiger partial charge in [-0.25, -0.2) is 0 Å². The zero-order valence-corrected chi connectivity index (χ0v) is 11.2. The van der Waals surface area contributed by atoms with Crippen LogP contribution in [0.4, 0.5) is 0 Å². The first kappa shape index (κ1) is 15.4. The minimum Gasteiger partial charge on any atom is -0.382 e. The second-order valence-electron chi connectivity index (χ2n) is 4.77. The predicted molar refractivity (Wildman–Crippen MR) is 67.3 cm³/mol. The van der Waals surface area contributed by atoms with E-state index in [1.165, 1.54) is 0 Å². The van der Waals surface area contributed by atoms with Gasteiger partial charge in [0.15, 0.2) is 0 Å². The van der Waals surface area contributed by atoms with E-state index < -0.39 is 5.54 Å². The van der Waals surface area contributed by atoms with Crippen molar-refractivity contribution in [2.45, 2.75) is 31.3 Å². The second kappa shape index (κ2) is 7.68. The van der Waals surface area contributed by atoms with Crippen molar-refractivity contribution in [1.82, 2.24) is 5.32 Å². The lowest BCUT2D eigenvalue weighted by Gasteiger charge is -2.27. The third-order valence-electron chi connectivity index (χ3n) is 2.84. The van der Waals surface area contributed by atoms with Gasteiger partial charge in [-0.2, -0.15) is 0 Å². The SMILES string of the molecule is COCCOCCOCC(C)(NC1CC1)C(N)=O. The van der Waals surface area contributed by atoms with Gasteiger partial charge in [0.1, 0.15) is 5.54 Å². The van der Waals surface area contributed by atoms with E-state index in [4.69, 9.17) is 19.9 Å². The smallest absolute Gasteiger partial charge is 0.239 e. The Labute approximate surface area is 108 Å². The standard InChI is InChI=1S/C12H24N2O4/c1-12(11(13)15,14-10-3-4-10)9-18-8-7-17-6-5-16-2/h10,14H,3-9H2,1-2H3,(H2,13,15). The molecule has 0 bridgehead atoms. The zero-order valence-electron chi connectivity index (χ0n) is 11.2. The lowest BCUT2D eigenvalue weighted by atomic mass is 10.0. The number of hydrogen-bond donors (Lipinski definition) is 2. The van der Waals surface area contributed by atoms with Crippen molar-refractivity contribution in [2.75, 3.05) is 40.1 Å². The Hall–Kier alpha value is -0.690. The molecule has 1 atom stereocenters. The quantitative estimate of drug-likeness (QED) is 0.497. The monoisotopic (exact) mass is 260 g/mol. The van der Waals surface area contributed by atoms with Crippen molar-refractivity contribution < 1.29 is 19.0 Å². The van der Waals surface area contributed by atoms with Gasteiger partial charge in [-0.05, 0) is 19.8 Å². The van der Waals surface area contributed by atoms with Crippen LogP contribution in [-0.4, -0.2) is 57.6 Å². The van der Waals surface area contributed by atoms with E-state index in [2.05, 4.69) is 5.32 Å². The Kier molecular flexibility index (Phi) is 6.56. The lowest BCUT2D eigenvalue weighted by molar-refractivity contribution is -0.126. The maximum Gasteiger partial charge on any atom is 0.239 e. The van der Waals surface area contributed by atoms with Crippen LogP contribution in [0.15, 0.2) is 0 Å². The van der Waals surface area contributed by atoms with Gasteiger partial charge in [0.2, 0.25) is 5.91 Å². The molecule has 1 rings (SSSR count). The topological polar surface area (TPSA) is 82.8 Å². The summed E-state index contributed by atoms with van der Waals surface area (Å²) in [6.07, 6.45) is 2.20. The van der Waals surface area contributed by atoms with Crippen molar-refractivity contribution in [3.05, 3.63) is 0 Å². The van der Waals surface area contributed by atoms with Crippen LogP contribution in [0.5, 0.6) is 0 Å². The first-order valence-corrected chi connectivity index (χ1v) is 6.30. The van der Waals surface area contributed by atoms with E-state index in [9.17, 15) is 4.79 Å². The molecular weight excluding hydrogens is 236 g/mol. The van der Waals surface area contributed by atoms with Gasteiger partial charge in [0, 0.05) is 13.2 Å². The number of rotatable bonds is 11. The summed E-state index contributed by atoms with van der Waals surface area (Å²) in [7, 11) is 1.63. The number of carbonyl (C=O) groups is 1. The molecule has 1 saturated carbocycles. The van der Waals surface area contributed by atoms with E-state index in [-0.39, 0.29) is 12.5 Å². The van der Waals surface area contributed by atoms with Gasteiger partial charge >= 0.3 is 0 Å². The first-order valence-electron chi connectivity index (χ1n) is 6.30. The van der Waals surface area contributed by atoms with Crippen LogP contribution in [-0.2, 0) is 19.0 Å². The number of ether oxygens (including phenoxy) is 3. The summed E-state index contributed by atoms with van der Waals surface area (Å²) in [6.45, 7) is 4.10. The summed E-state index contributed by atoms with van der Waals surface area (Å²) in [5.74, 6) is -0.380. The fourth-order valence-electron chi connectivity index (χ4n) is 1.50. The fraction of sp³-hybridized carbons (Fsp3) is 0.917. The number of nitrogens with two attached hydrogens (primary N) is 1. The molecule has 1 aliphatic rings. The molecule has 106 valence electrons. The predicted octanol–water partition coefficient (Wildman–Crippen LogP) is -0.338. The molecule has 1 fully saturated rings. The van der Waals surface area contributed by atoms with E-state index >= 15 is 0 Å². The molecule has 0 aliphatic heterocycles. The highest BCUT2D eigenvalue weighted by Gasteiger charge is 2.37. The Morgan fingerprint density at radius 3 is 2.44 bits per heavy atom. The molecule has 0 saturated heterocycles. The summed E-state index contributed by atoms with van der Waals surface area (Å²) >= 11 is 0. The Bertz CT molecular complexity index is 258. The minimum atomic E-state index is -0.784. The molecule has 0 aromatic carbocycles. The van der Waals surface area contributed by atoms with Gasteiger partial charge in [0.25, 0.3) is 0 Å². The average molecular weight is 260 g/mol. The third-order valence-corrected chi connectivity index (χ3v) is 2.84. The Balaban J connectivity index is 2.11. The van der Waals surface area contributed by atoms with Gasteiger partial charge in [0.05, 0.1) is 33.0 Å². The lowest BCUT2D eigenvalue weighted by Crippen LogP contribution is -2.57. The van der Waals surface area contributed by atoms with Crippen molar-refractivity contribution in [3.63, 3.8) is 0 Å². The molecule has 0 spiro atoms. The molecule has 0 aromatic heterocycles. The van der Waals surface area contributed by atoms with Crippen molar-refractivity contribution in [3.8, 4) is 0 Å². The highest BCUT2D eigenvalue weighted by atomic mass is 16.5. The molecule has 6 nitrogen and oxygen atoms in total. The van der Waals surface area contributed by atoms with Crippen LogP contribution in [0.1, 0.15) is 19.8 Å². The number of methoxy groups -OCH3 is 1. The molecule has 18 heavy (non-hydrogen) atoms. The van der Waals surface area contributed by atoms with Crippen molar-refractivity contribution >= 4 is 5.91 Å². The molecule has 0 aromatic rings. The summed E-state index contributed by atoms with van der Waals surface area (Å²) in [5.41, 5.74) is 4.61. The van der Waals surface area contributed by atoms with E-state index in [1.54, 1.807) is 14.0 Å². The first-order chi connectivity index (χ1) is 8.58. The van der Waals surface area contributed by atoms with E-state index in [1.807, 2.05) is 0 Å². The molecule has 0 radical (unpaired) electrons. The summed E-state index contributed by atoms with van der Waals surface area (Å²) in [4.78, 5) is 11.4. The Morgan fingerprint density at radius 1 is 1.28 bits per heavy atom. The number of primary amides is 1. The van der Waals surface area contributed by atoms with Crippen molar-refractivity contribution in [2.24, 2.45) is 5.73 Å². The maximum atomic E-state index is 11.4. The fourth-order valence-corrected chi connectivity index (χ4v) is 1.50. The number of carbonyl (C=O) groups excluding carboxylic acids is 1. The normalized spacial score (nSPS) is 18.6. The minimum absolute atomic E-state index is 0.270. The van der Waals surface area contributed by atoms with Crippen LogP contribution >= 0.6 is 0 Å². The highest BCUT2D eigenvalue weighted by molar-refractivity contribution is 5.84. The van der Waals surface area contributed by atoms with Gasteiger partial charge in [-0.15, -0.1) is 0 Å². The molecule has 1 unspecified atom stereocenters. The molecule has 6 heteroatoms. The average Bonchev–Trinajstić information content (AvgIpc) is 3.11.